The summed E-state index contributed by atoms with van der Waals surface area (Å²) in [6, 6.07) is 6.53. The Kier molecular flexibility index (Phi) is 4.02. The van der Waals surface area contributed by atoms with Crippen molar-refractivity contribution in [1.82, 2.24) is 10.2 Å². The van der Waals surface area contributed by atoms with Crippen molar-refractivity contribution in [3.63, 3.8) is 0 Å². The number of nitrogen functional groups attached to an aromatic ring is 1. The minimum absolute atomic E-state index is 0.140. The summed E-state index contributed by atoms with van der Waals surface area (Å²) in [5.41, 5.74) is 7.08. The molecule has 1 fully saturated rings. The molecule has 106 valence electrons. The Morgan fingerprint density at radius 3 is 2.75 bits per heavy atom. The second-order valence-electron chi connectivity index (χ2n) is 4.85. The summed E-state index contributed by atoms with van der Waals surface area (Å²) in [6.07, 6.45) is 0.750. The molecule has 20 heavy (non-hydrogen) atoms. The molecule has 3 N–H and O–H groups in total. The summed E-state index contributed by atoms with van der Waals surface area (Å²) in [5, 5.41) is 2.24. The van der Waals surface area contributed by atoms with E-state index in [1.54, 1.807) is 25.2 Å². The zero-order chi connectivity index (χ0) is 14.7. The molecular weight excluding hydrogens is 258 g/mol. The van der Waals surface area contributed by atoms with Gasteiger partial charge < -0.3 is 10.6 Å². The number of rotatable bonds is 3. The van der Waals surface area contributed by atoms with Crippen LogP contribution in [0.5, 0.6) is 0 Å². The van der Waals surface area contributed by atoms with E-state index in [0.29, 0.717) is 12.1 Å². The average molecular weight is 275 g/mol. The molecule has 0 aliphatic carbocycles. The van der Waals surface area contributed by atoms with Crippen molar-refractivity contribution < 1.29 is 14.4 Å². The van der Waals surface area contributed by atoms with Crippen molar-refractivity contribution in [1.29, 1.82) is 0 Å². The molecule has 1 aliphatic rings. The zero-order valence-corrected chi connectivity index (χ0v) is 11.3. The van der Waals surface area contributed by atoms with E-state index in [0.717, 1.165) is 5.56 Å². The number of para-hydroxylation sites is 1. The smallest absolute Gasteiger partial charge is 0.249 e. The maximum absolute atomic E-state index is 12.2. The van der Waals surface area contributed by atoms with Crippen LogP contribution in [0.15, 0.2) is 24.3 Å². The van der Waals surface area contributed by atoms with E-state index in [1.165, 1.54) is 4.90 Å². The van der Waals surface area contributed by atoms with Gasteiger partial charge in [0, 0.05) is 19.2 Å². The first-order valence-electron chi connectivity index (χ1n) is 6.42. The van der Waals surface area contributed by atoms with Gasteiger partial charge in [0.25, 0.3) is 0 Å². The van der Waals surface area contributed by atoms with Crippen molar-refractivity contribution in [2.45, 2.75) is 25.3 Å². The van der Waals surface area contributed by atoms with Crippen molar-refractivity contribution in [2.24, 2.45) is 0 Å². The van der Waals surface area contributed by atoms with Crippen LogP contribution in [0.2, 0.25) is 0 Å². The van der Waals surface area contributed by atoms with Crippen molar-refractivity contribution >= 4 is 23.4 Å². The van der Waals surface area contributed by atoms with Gasteiger partial charge in [0.15, 0.2) is 0 Å². The van der Waals surface area contributed by atoms with E-state index < -0.39 is 11.9 Å². The van der Waals surface area contributed by atoms with Crippen LogP contribution in [-0.4, -0.2) is 35.7 Å². The molecule has 1 aromatic rings. The fourth-order valence-electron chi connectivity index (χ4n) is 2.21. The van der Waals surface area contributed by atoms with Gasteiger partial charge in [-0.1, -0.05) is 18.2 Å². The largest absolute Gasteiger partial charge is 0.398 e. The third-order valence-electron chi connectivity index (χ3n) is 3.47. The lowest BCUT2D eigenvalue weighted by Crippen LogP contribution is -2.53. The van der Waals surface area contributed by atoms with E-state index >= 15 is 0 Å². The van der Waals surface area contributed by atoms with Crippen LogP contribution >= 0.6 is 0 Å². The lowest BCUT2D eigenvalue weighted by atomic mass is 10.0. The Balaban J connectivity index is 2.04. The van der Waals surface area contributed by atoms with Crippen LogP contribution in [0.4, 0.5) is 5.69 Å². The number of hydrogen-bond donors (Lipinski definition) is 2. The molecule has 1 atom stereocenters. The van der Waals surface area contributed by atoms with Crippen LogP contribution in [0.25, 0.3) is 0 Å². The zero-order valence-electron chi connectivity index (χ0n) is 11.3. The molecule has 6 heteroatoms. The predicted octanol–water partition coefficient (Wildman–Crippen LogP) is 0.0749. The molecule has 0 bridgehead atoms. The number of nitrogens with two attached hydrogens (primary N) is 1. The highest BCUT2D eigenvalue weighted by molar-refractivity contribution is 6.01. The molecule has 0 saturated carbocycles. The van der Waals surface area contributed by atoms with Crippen LogP contribution in [0.1, 0.15) is 18.4 Å². The van der Waals surface area contributed by atoms with E-state index in [2.05, 4.69) is 5.32 Å². The number of nitrogens with one attached hydrogen (secondary N) is 1. The number of carbonyl (C=O) groups excluding carboxylic acids is 3. The molecule has 0 aromatic heterocycles. The molecule has 1 aromatic carbocycles. The molecule has 2 rings (SSSR count). The Morgan fingerprint density at radius 2 is 2.10 bits per heavy atom. The number of likely N-dealkylation sites (N-methyl/N-ethyl adjacent to an activating group) is 1. The molecule has 1 unspecified atom stereocenters. The minimum Gasteiger partial charge on any atom is -0.398 e. The molecule has 6 nitrogen and oxygen atoms in total. The van der Waals surface area contributed by atoms with Crippen LogP contribution in [-0.2, 0) is 20.8 Å². The van der Waals surface area contributed by atoms with Gasteiger partial charge in [-0.05, 0) is 18.1 Å². The second-order valence-corrected chi connectivity index (χ2v) is 4.85. The quantitative estimate of drug-likeness (QED) is 0.603. The number of benzene rings is 1. The normalized spacial score (nSPS) is 18.6. The van der Waals surface area contributed by atoms with Crippen molar-refractivity contribution in [3.8, 4) is 0 Å². The number of anilines is 1. The van der Waals surface area contributed by atoms with E-state index in [-0.39, 0.29) is 24.7 Å². The van der Waals surface area contributed by atoms with Crippen LogP contribution < -0.4 is 11.1 Å². The maximum atomic E-state index is 12.2. The van der Waals surface area contributed by atoms with Gasteiger partial charge in [-0.2, -0.15) is 0 Å². The molecule has 3 amide bonds. The first-order valence-corrected chi connectivity index (χ1v) is 6.42. The standard InChI is InChI=1S/C14H17N3O3/c1-17(11-6-7-12(18)16-14(11)20)13(19)8-9-4-2-3-5-10(9)15/h2-5,11H,6-8,15H2,1H3,(H,16,18,20). The number of hydrogen-bond acceptors (Lipinski definition) is 4. The van der Waals surface area contributed by atoms with Gasteiger partial charge in [0.05, 0.1) is 6.42 Å². The lowest BCUT2D eigenvalue weighted by molar-refractivity contribution is -0.144. The number of carbonyl (C=O) groups is 3. The van der Waals surface area contributed by atoms with Gasteiger partial charge in [-0.15, -0.1) is 0 Å². The van der Waals surface area contributed by atoms with Gasteiger partial charge in [0.1, 0.15) is 6.04 Å². The molecule has 1 aliphatic heterocycles. The number of piperidine rings is 1. The summed E-state index contributed by atoms with van der Waals surface area (Å²) in [4.78, 5) is 36.4. The van der Waals surface area contributed by atoms with Gasteiger partial charge in [-0.3, -0.25) is 19.7 Å². The van der Waals surface area contributed by atoms with Crippen LogP contribution in [0.3, 0.4) is 0 Å². The summed E-state index contributed by atoms with van der Waals surface area (Å²) >= 11 is 0. The first-order chi connectivity index (χ1) is 9.49. The van der Waals surface area contributed by atoms with Crippen molar-refractivity contribution in [3.05, 3.63) is 29.8 Å². The molecule has 0 radical (unpaired) electrons. The third kappa shape index (κ3) is 2.96. The Bertz CT molecular complexity index is 556. The van der Waals surface area contributed by atoms with E-state index in [9.17, 15) is 14.4 Å². The maximum Gasteiger partial charge on any atom is 0.249 e. The van der Waals surface area contributed by atoms with E-state index in [1.807, 2.05) is 6.07 Å². The Labute approximate surface area is 116 Å². The topological polar surface area (TPSA) is 92.5 Å². The molecule has 0 spiro atoms. The highest BCUT2D eigenvalue weighted by Gasteiger charge is 2.32. The minimum atomic E-state index is -0.592. The fraction of sp³-hybridized carbons (Fsp3) is 0.357. The summed E-state index contributed by atoms with van der Waals surface area (Å²) < 4.78 is 0. The molecular formula is C14H17N3O3. The summed E-state index contributed by atoms with van der Waals surface area (Å²) in [5.74, 6) is -0.907. The van der Waals surface area contributed by atoms with Gasteiger partial charge in [-0.25, -0.2) is 0 Å². The Morgan fingerprint density at radius 1 is 1.40 bits per heavy atom. The monoisotopic (exact) mass is 275 g/mol. The Hall–Kier alpha value is -2.37. The third-order valence-corrected chi connectivity index (χ3v) is 3.47. The van der Waals surface area contributed by atoms with E-state index in [4.69, 9.17) is 5.73 Å². The summed E-state index contributed by atoms with van der Waals surface area (Å²) in [6.45, 7) is 0. The summed E-state index contributed by atoms with van der Waals surface area (Å²) in [7, 11) is 1.57. The average Bonchev–Trinajstić information content (AvgIpc) is 2.40. The highest BCUT2D eigenvalue weighted by Crippen LogP contribution is 2.15. The SMILES string of the molecule is CN(C(=O)Cc1ccccc1N)C1CCC(=O)NC1=O. The number of amides is 3. The first kappa shape index (κ1) is 14.0. The number of nitrogens with zero attached hydrogens (tertiary/aromatic N) is 1. The van der Waals surface area contributed by atoms with Gasteiger partial charge >= 0.3 is 0 Å². The van der Waals surface area contributed by atoms with Crippen LogP contribution in [0, 0.1) is 0 Å². The number of imide groups is 1. The van der Waals surface area contributed by atoms with Crippen molar-refractivity contribution in [2.75, 3.05) is 12.8 Å². The predicted molar refractivity (Wildman–Crippen MR) is 73.5 cm³/mol. The lowest BCUT2D eigenvalue weighted by Gasteiger charge is -2.29. The van der Waals surface area contributed by atoms with Gasteiger partial charge in [0.2, 0.25) is 17.7 Å². The molecule has 1 saturated heterocycles. The fourth-order valence-corrected chi connectivity index (χ4v) is 2.21. The highest BCUT2D eigenvalue weighted by atomic mass is 16.2. The second kappa shape index (κ2) is 5.73. The molecule has 1 heterocycles.